The third-order valence-corrected chi connectivity index (χ3v) is 4.26. The second-order valence-electron chi connectivity index (χ2n) is 3.37. The smallest absolute Gasteiger partial charge is 0.107 e. The molecule has 2 nitrogen and oxygen atoms in total. The van der Waals surface area contributed by atoms with E-state index in [-0.39, 0.29) is 4.83 Å². The van der Waals surface area contributed by atoms with Gasteiger partial charge in [-0.3, -0.25) is 0 Å². The van der Waals surface area contributed by atoms with Crippen molar-refractivity contribution in [3.63, 3.8) is 0 Å². The summed E-state index contributed by atoms with van der Waals surface area (Å²) in [6.07, 6.45) is 4.44. The van der Waals surface area contributed by atoms with Crippen molar-refractivity contribution < 1.29 is 0 Å². The van der Waals surface area contributed by atoms with E-state index in [1.807, 2.05) is 18.3 Å². The normalized spacial score (nSPS) is 12.7. The highest BCUT2D eigenvalue weighted by Crippen LogP contribution is 2.33. The molecule has 1 aromatic carbocycles. The number of hydrogen-bond acceptors (Lipinski definition) is 1. The lowest BCUT2D eigenvalue weighted by Gasteiger charge is -2.11. The summed E-state index contributed by atoms with van der Waals surface area (Å²) in [5, 5.41) is 0. The summed E-state index contributed by atoms with van der Waals surface area (Å²) in [6, 6.07) is 6.16. The van der Waals surface area contributed by atoms with Gasteiger partial charge in [-0.25, -0.2) is 4.98 Å². The Hall–Kier alpha value is -0.130. The first kappa shape index (κ1) is 12.3. The van der Waals surface area contributed by atoms with Crippen LogP contribution in [-0.4, -0.2) is 9.97 Å². The Morgan fingerprint density at radius 1 is 1.31 bits per heavy atom. The molecule has 1 heterocycles. The summed E-state index contributed by atoms with van der Waals surface area (Å²) < 4.78 is 2.18. The van der Waals surface area contributed by atoms with Gasteiger partial charge in [0.15, 0.2) is 0 Å². The molecule has 5 heteroatoms. The third-order valence-electron chi connectivity index (χ3n) is 2.22. The first-order valence-corrected chi connectivity index (χ1v) is 7.24. The Bertz CT molecular complexity index is 468. The zero-order valence-electron chi connectivity index (χ0n) is 8.25. The van der Waals surface area contributed by atoms with Gasteiger partial charge >= 0.3 is 0 Å². The van der Waals surface area contributed by atoms with E-state index in [1.165, 1.54) is 5.56 Å². The van der Waals surface area contributed by atoms with Crippen LogP contribution < -0.4 is 0 Å². The number of aromatic nitrogens is 2. The minimum Gasteiger partial charge on any atom is -0.349 e. The second kappa shape index (κ2) is 5.47. The molecule has 2 rings (SSSR count). The van der Waals surface area contributed by atoms with Crippen LogP contribution in [0.1, 0.15) is 16.2 Å². The summed E-state index contributed by atoms with van der Waals surface area (Å²) in [7, 11) is 0. The Morgan fingerprint density at radius 2 is 2.12 bits per heavy atom. The Morgan fingerprint density at radius 3 is 2.81 bits per heavy atom. The van der Waals surface area contributed by atoms with Crippen LogP contribution in [0.2, 0.25) is 0 Å². The first-order valence-electron chi connectivity index (χ1n) is 4.74. The number of H-pyrrole nitrogens is 1. The number of rotatable bonds is 3. The minimum atomic E-state index is 0.241. The number of nitrogens with zero attached hydrogens (tertiary/aromatic N) is 1. The van der Waals surface area contributed by atoms with Crippen molar-refractivity contribution >= 4 is 47.8 Å². The van der Waals surface area contributed by atoms with Crippen LogP contribution in [0.25, 0.3) is 0 Å². The lowest BCUT2D eigenvalue weighted by atomic mass is 10.1. The van der Waals surface area contributed by atoms with E-state index in [0.717, 1.165) is 21.2 Å². The monoisotopic (exact) mass is 406 g/mol. The third kappa shape index (κ3) is 2.96. The molecule has 2 aromatic rings. The second-order valence-corrected chi connectivity index (χ2v) is 6.25. The van der Waals surface area contributed by atoms with Gasteiger partial charge in [0.2, 0.25) is 0 Å². The number of halogens is 3. The van der Waals surface area contributed by atoms with Crippen molar-refractivity contribution in [1.29, 1.82) is 0 Å². The van der Waals surface area contributed by atoms with Gasteiger partial charge < -0.3 is 4.98 Å². The highest BCUT2D eigenvalue weighted by atomic mass is 79.9. The molecule has 0 amide bonds. The van der Waals surface area contributed by atoms with Crippen LogP contribution in [0.15, 0.2) is 39.5 Å². The molecular formula is C11H9Br3N2. The topological polar surface area (TPSA) is 28.7 Å². The summed E-state index contributed by atoms with van der Waals surface area (Å²) in [5.41, 5.74) is 1.21. The van der Waals surface area contributed by atoms with Crippen LogP contribution >= 0.6 is 47.8 Å². The lowest BCUT2D eigenvalue weighted by Crippen LogP contribution is -1.98. The average molecular weight is 409 g/mol. The van der Waals surface area contributed by atoms with Crippen LogP contribution in [0.4, 0.5) is 0 Å². The van der Waals surface area contributed by atoms with E-state index in [2.05, 4.69) is 63.8 Å². The van der Waals surface area contributed by atoms with Gasteiger partial charge in [-0.15, -0.1) is 0 Å². The summed E-state index contributed by atoms with van der Waals surface area (Å²) in [5.74, 6) is 0.980. The molecule has 0 spiro atoms. The number of hydrogen-bond donors (Lipinski definition) is 1. The Balaban J connectivity index is 2.20. The molecule has 84 valence electrons. The summed E-state index contributed by atoms with van der Waals surface area (Å²) in [4.78, 5) is 7.57. The summed E-state index contributed by atoms with van der Waals surface area (Å²) >= 11 is 10.7. The quantitative estimate of drug-likeness (QED) is 0.738. The first-order chi connectivity index (χ1) is 7.66. The predicted molar refractivity (Wildman–Crippen MR) is 75.8 cm³/mol. The Kier molecular flexibility index (Phi) is 4.21. The molecule has 0 fully saturated rings. The SMILES string of the molecule is Brc1ccc(Br)c(C(Br)Cc2ncc[nH]2)c1. The van der Waals surface area contributed by atoms with E-state index in [1.54, 1.807) is 6.20 Å². The molecule has 1 N–H and O–H groups in total. The molecule has 16 heavy (non-hydrogen) atoms. The minimum absolute atomic E-state index is 0.241. The highest BCUT2D eigenvalue weighted by Gasteiger charge is 2.13. The fourth-order valence-electron chi connectivity index (χ4n) is 1.44. The molecule has 0 saturated carbocycles. The fourth-order valence-corrected chi connectivity index (χ4v) is 3.34. The van der Waals surface area contributed by atoms with Gasteiger partial charge in [-0.2, -0.15) is 0 Å². The van der Waals surface area contributed by atoms with E-state index in [0.29, 0.717) is 0 Å². The number of nitrogens with one attached hydrogen (secondary N) is 1. The van der Waals surface area contributed by atoms with Gasteiger partial charge in [0, 0.05) is 32.6 Å². The van der Waals surface area contributed by atoms with Crippen LogP contribution in [0.3, 0.4) is 0 Å². The van der Waals surface area contributed by atoms with E-state index in [4.69, 9.17) is 0 Å². The van der Waals surface area contributed by atoms with Crippen LogP contribution in [0, 0.1) is 0 Å². The van der Waals surface area contributed by atoms with Crippen molar-refractivity contribution in [3.8, 4) is 0 Å². The van der Waals surface area contributed by atoms with Crippen molar-refractivity contribution in [2.75, 3.05) is 0 Å². The lowest BCUT2D eigenvalue weighted by molar-refractivity contribution is 0.872. The molecule has 0 bridgehead atoms. The zero-order valence-corrected chi connectivity index (χ0v) is 13.0. The fraction of sp³-hybridized carbons (Fsp3) is 0.182. The molecule has 0 aliphatic carbocycles. The van der Waals surface area contributed by atoms with Gasteiger partial charge in [-0.1, -0.05) is 47.8 Å². The molecule has 1 aromatic heterocycles. The average Bonchev–Trinajstić information content (AvgIpc) is 2.74. The number of aromatic amines is 1. The number of imidazole rings is 1. The highest BCUT2D eigenvalue weighted by molar-refractivity contribution is 9.11. The maximum absolute atomic E-state index is 4.22. The largest absolute Gasteiger partial charge is 0.349 e. The van der Waals surface area contributed by atoms with Gasteiger partial charge in [-0.05, 0) is 23.8 Å². The molecule has 0 aliphatic heterocycles. The molecule has 0 radical (unpaired) electrons. The molecule has 1 unspecified atom stereocenters. The molecular weight excluding hydrogens is 400 g/mol. The maximum Gasteiger partial charge on any atom is 0.107 e. The zero-order chi connectivity index (χ0) is 11.5. The predicted octanol–water partition coefficient (Wildman–Crippen LogP) is 4.61. The van der Waals surface area contributed by atoms with Gasteiger partial charge in [0.05, 0.1) is 0 Å². The molecule has 1 atom stereocenters. The molecule has 0 saturated heterocycles. The molecule has 0 aliphatic rings. The van der Waals surface area contributed by atoms with Crippen molar-refractivity contribution in [1.82, 2.24) is 9.97 Å². The van der Waals surface area contributed by atoms with Crippen LogP contribution in [-0.2, 0) is 6.42 Å². The van der Waals surface area contributed by atoms with Crippen molar-refractivity contribution in [2.24, 2.45) is 0 Å². The van der Waals surface area contributed by atoms with Crippen LogP contribution in [0.5, 0.6) is 0 Å². The van der Waals surface area contributed by atoms with Gasteiger partial charge in [0.25, 0.3) is 0 Å². The Labute approximate surface area is 119 Å². The number of alkyl halides is 1. The van der Waals surface area contributed by atoms with Gasteiger partial charge in [0.1, 0.15) is 5.82 Å². The van der Waals surface area contributed by atoms with E-state index in [9.17, 15) is 0 Å². The maximum atomic E-state index is 4.22. The number of benzene rings is 1. The van der Waals surface area contributed by atoms with Crippen molar-refractivity contribution in [3.05, 3.63) is 50.9 Å². The van der Waals surface area contributed by atoms with Crippen molar-refractivity contribution in [2.45, 2.75) is 11.2 Å². The standard InChI is InChI=1S/C11H9Br3N2/c12-7-1-2-9(13)8(5-7)10(14)6-11-15-3-4-16-11/h1-5,10H,6H2,(H,15,16). The van der Waals surface area contributed by atoms with E-state index >= 15 is 0 Å². The summed E-state index contributed by atoms with van der Waals surface area (Å²) in [6.45, 7) is 0. The van der Waals surface area contributed by atoms with E-state index < -0.39 is 0 Å².